The lowest BCUT2D eigenvalue weighted by Gasteiger charge is -2.33. The Morgan fingerprint density at radius 2 is 1.86 bits per heavy atom. The summed E-state index contributed by atoms with van der Waals surface area (Å²) in [7, 11) is 0. The molecule has 5 heterocycles. The average Bonchev–Trinajstić information content (AvgIpc) is 3.51. The Morgan fingerprint density at radius 1 is 1.06 bits per heavy atom. The van der Waals surface area contributed by atoms with E-state index in [2.05, 4.69) is 32.1 Å². The van der Waals surface area contributed by atoms with Crippen LogP contribution in [0.1, 0.15) is 4.88 Å². The summed E-state index contributed by atoms with van der Waals surface area (Å²) >= 11 is -0.0574. The second-order valence-corrected chi connectivity index (χ2v) is 10.9. The van der Waals surface area contributed by atoms with Gasteiger partial charge in [0.25, 0.3) is 0 Å². The van der Waals surface area contributed by atoms with Crippen LogP contribution in [-0.2, 0) is 22.4 Å². The molecule has 0 radical (unpaired) electrons. The lowest BCUT2D eigenvalue weighted by Crippen LogP contribution is -2.46. The zero-order chi connectivity index (χ0) is 23.8. The van der Waals surface area contributed by atoms with Crippen LogP contribution in [0.4, 0.5) is 5.82 Å². The van der Waals surface area contributed by atoms with Crippen LogP contribution >= 0.6 is 11.3 Å². The van der Waals surface area contributed by atoms with E-state index in [9.17, 15) is 4.21 Å². The first kappa shape index (κ1) is 23.0. The molecule has 12 heteroatoms. The maximum absolute atomic E-state index is 11.1. The van der Waals surface area contributed by atoms with Gasteiger partial charge in [0.2, 0.25) is 0 Å². The van der Waals surface area contributed by atoms with Crippen LogP contribution in [0, 0.1) is 0 Å². The van der Waals surface area contributed by atoms with Gasteiger partial charge in [-0.1, -0.05) is 12.1 Å². The third kappa shape index (κ3) is 4.82. The number of ether oxygens (including phenoxy) is 1. The van der Waals surface area contributed by atoms with Gasteiger partial charge in [0, 0.05) is 61.6 Å². The van der Waals surface area contributed by atoms with E-state index in [0.717, 1.165) is 78.3 Å². The molecule has 1 unspecified atom stereocenters. The van der Waals surface area contributed by atoms with Crippen molar-refractivity contribution in [3.05, 3.63) is 35.3 Å². The van der Waals surface area contributed by atoms with E-state index in [1.165, 1.54) is 4.88 Å². The number of aromatic nitrogens is 4. The molecule has 1 atom stereocenters. The normalized spacial score (nSPS) is 19.1. The highest BCUT2D eigenvalue weighted by atomic mass is 32.2. The van der Waals surface area contributed by atoms with E-state index >= 15 is 0 Å². The van der Waals surface area contributed by atoms with E-state index in [1.54, 1.807) is 11.3 Å². The van der Waals surface area contributed by atoms with Crippen molar-refractivity contribution in [3.8, 4) is 11.4 Å². The number of hydrogen-bond donors (Lipinski definition) is 2. The molecule has 0 amide bonds. The first-order chi connectivity index (χ1) is 17.1. The number of thiophene rings is 1. The molecule has 2 aliphatic rings. The van der Waals surface area contributed by atoms with E-state index in [-0.39, 0.29) is 5.88 Å². The van der Waals surface area contributed by atoms with Crippen LogP contribution < -0.4 is 4.90 Å². The summed E-state index contributed by atoms with van der Waals surface area (Å²) in [4.78, 5) is 19.1. The molecule has 4 aromatic rings. The van der Waals surface area contributed by atoms with Crippen LogP contribution in [0.3, 0.4) is 0 Å². The number of benzene rings is 1. The molecule has 0 spiro atoms. The van der Waals surface area contributed by atoms with Crippen molar-refractivity contribution in [2.45, 2.75) is 6.54 Å². The van der Waals surface area contributed by atoms with Crippen LogP contribution in [0.15, 0.2) is 30.5 Å². The number of nitrogens with one attached hydrogen (secondary N) is 1. The number of morpholine rings is 1. The van der Waals surface area contributed by atoms with Crippen molar-refractivity contribution >= 4 is 49.4 Å². The SMILES string of the molecule is O=S(O)CN1CCN(Cc2cc3c(N4CCOCC4)nc(-c4cccc5[nH]ncc45)nc3s2)CC1. The summed E-state index contributed by atoms with van der Waals surface area (Å²) in [5.41, 5.74) is 1.94. The fourth-order valence-electron chi connectivity index (χ4n) is 4.79. The summed E-state index contributed by atoms with van der Waals surface area (Å²) in [5, 5.41) is 9.35. The maximum Gasteiger partial charge on any atom is 0.167 e. The predicted octanol–water partition coefficient (Wildman–Crippen LogP) is 2.37. The molecule has 184 valence electrons. The summed E-state index contributed by atoms with van der Waals surface area (Å²) in [6.07, 6.45) is 1.83. The van der Waals surface area contributed by atoms with Crippen molar-refractivity contribution < 1.29 is 13.5 Å². The topological polar surface area (TPSA) is 111 Å². The lowest BCUT2D eigenvalue weighted by atomic mass is 10.1. The fraction of sp³-hybridized carbons (Fsp3) is 0.435. The fourth-order valence-corrected chi connectivity index (χ4v) is 6.42. The van der Waals surface area contributed by atoms with E-state index < -0.39 is 11.1 Å². The van der Waals surface area contributed by atoms with Gasteiger partial charge in [0.1, 0.15) is 16.5 Å². The number of nitrogens with zero attached hydrogens (tertiary/aromatic N) is 6. The van der Waals surface area contributed by atoms with Crippen LogP contribution in [0.5, 0.6) is 0 Å². The number of H-pyrrole nitrogens is 1. The molecular weight excluding hydrogens is 486 g/mol. The van der Waals surface area contributed by atoms with Crippen LogP contribution in [-0.4, -0.2) is 97.1 Å². The number of aromatic amines is 1. The molecule has 2 fully saturated rings. The molecule has 0 aliphatic carbocycles. The van der Waals surface area contributed by atoms with E-state index in [4.69, 9.17) is 19.3 Å². The predicted molar refractivity (Wildman–Crippen MR) is 138 cm³/mol. The standard InChI is InChI=1S/C23H27N7O3S2/c31-35(32)15-29-6-4-28(5-7-29)14-16-12-18-22(30-8-10-33-11-9-30)25-21(26-23(18)34-16)17-2-1-3-20-19(17)13-24-27-20/h1-3,12-13H,4-11,14-15H2,(H,24,27)(H,31,32). The van der Waals surface area contributed by atoms with Crippen LogP contribution in [0.25, 0.3) is 32.5 Å². The Kier molecular flexibility index (Phi) is 6.48. The second kappa shape index (κ2) is 9.88. The van der Waals surface area contributed by atoms with Crippen molar-refractivity contribution in [1.29, 1.82) is 0 Å². The van der Waals surface area contributed by atoms with Gasteiger partial charge in [-0.25, -0.2) is 14.2 Å². The van der Waals surface area contributed by atoms with Gasteiger partial charge in [-0.2, -0.15) is 5.10 Å². The average molecular weight is 514 g/mol. The van der Waals surface area contributed by atoms with Gasteiger partial charge in [-0.05, 0) is 12.1 Å². The van der Waals surface area contributed by atoms with Gasteiger partial charge >= 0.3 is 0 Å². The summed E-state index contributed by atoms with van der Waals surface area (Å²) in [5.74, 6) is 1.90. The largest absolute Gasteiger partial charge is 0.378 e. The van der Waals surface area contributed by atoms with E-state index in [0.29, 0.717) is 19.0 Å². The molecule has 0 saturated carbocycles. The number of anilines is 1. The third-order valence-electron chi connectivity index (χ3n) is 6.60. The Balaban J connectivity index is 1.33. The number of hydrogen-bond acceptors (Lipinski definition) is 9. The molecule has 0 bridgehead atoms. The summed E-state index contributed by atoms with van der Waals surface area (Å²) in [6, 6.07) is 8.30. The number of rotatable bonds is 6. The van der Waals surface area contributed by atoms with Crippen molar-refractivity contribution in [1.82, 2.24) is 30.0 Å². The Morgan fingerprint density at radius 3 is 2.66 bits per heavy atom. The van der Waals surface area contributed by atoms with Crippen molar-refractivity contribution in [2.24, 2.45) is 0 Å². The Hall–Kier alpha value is -2.48. The van der Waals surface area contributed by atoms with Crippen LogP contribution in [0.2, 0.25) is 0 Å². The highest BCUT2D eigenvalue weighted by Crippen LogP contribution is 2.35. The van der Waals surface area contributed by atoms with Crippen molar-refractivity contribution in [3.63, 3.8) is 0 Å². The smallest absolute Gasteiger partial charge is 0.167 e. The van der Waals surface area contributed by atoms with E-state index in [1.807, 2.05) is 23.2 Å². The number of piperazine rings is 1. The first-order valence-corrected chi connectivity index (χ1v) is 13.8. The van der Waals surface area contributed by atoms with Gasteiger partial charge in [-0.15, -0.1) is 11.3 Å². The monoisotopic (exact) mass is 513 g/mol. The first-order valence-electron chi connectivity index (χ1n) is 11.7. The molecule has 35 heavy (non-hydrogen) atoms. The molecule has 3 aromatic heterocycles. The summed E-state index contributed by atoms with van der Waals surface area (Å²) in [6.45, 7) is 7.19. The molecule has 10 nitrogen and oxygen atoms in total. The molecule has 2 N–H and O–H groups in total. The van der Waals surface area contributed by atoms with Gasteiger partial charge < -0.3 is 14.2 Å². The molecule has 2 saturated heterocycles. The van der Waals surface area contributed by atoms with Gasteiger partial charge in [0.15, 0.2) is 16.9 Å². The highest BCUT2D eigenvalue weighted by molar-refractivity contribution is 7.79. The number of fused-ring (bicyclic) bond motifs is 2. The molecular formula is C23H27N7O3S2. The van der Waals surface area contributed by atoms with Gasteiger partial charge in [-0.3, -0.25) is 14.9 Å². The minimum Gasteiger partial charge on any atom is -0.378 e. The molecule has 6 rings (SSSR count). The maximum atomic E-state index is 11.1. The minimum absolute atomic E-state index is 0.224. The highest BCUT2D eigenvalue weighted by Gasteiger charge is 2.23. The second-order valence-electron chi connectivity index (χ2n) is 8.88. The minimum atomic E-state index is -1.78. The molecule has 1 aromatic carbocycles. The Bertz CT molecular complexity index is 1360. The molecule has 2 aliphatic heterocycles. The third-order valence-corrected chi connectivity index (χ3v) is 8.20. The zero-order valence-corrected chi connectivity index (χ0v) is 20.9. The lowest BCUT2D eigenvalue weighted by molar-refractivity contribution is 0.122. The summed E-state index contributed by atoms with van der Waals surface area (Å²) < 4.78 is 25.9. The Labute approximate surface area is 209 Å². The zero-order valence-electron chi connectivity index (χ0n) is 19.2. The van der Waals surface area contributed by atoms with Crippen molar-refractivity contribution in [2.75, 3.05) is 63.3 Å². The quantitative estimate of drug-likeness (QED) is 0.375. The van der Waals surface area contributed by atoms with Gasteiger partial charge in [0.05, 0.1) is 30.3 Å².